The molecule has 0 aliphatic heterocycles. The van der Waals surface area contributed by atoms with Crippen molar-refractivity contribution in [3.63, 3.8) is 0 Å². The number of carbonyl (C=O) groups excluding carboxylic acids is 3. The van der Waals surface area contributed by atoms with Crippen LogP contribution in [-0.4, -0.2) is 28.8 Å². The molecule has 0 saturated carbocycles. The van der Waals surface area contributed by atoms with E-state index in [9.17, 15) is 28.7 Å². The summed E-state index contributed by atoms with van der Waals surface area (Å²) in [6.45, 7) is 0. The number of nitrogens with one attached hydrogen (secondary N) is 3. The molecule has 0 spiro atoms. The molecule has 3 amide bonds. The number of carboxylic acids is 1. The monoisotopic (exact) mass is 713 g/mol. The lowest BCUT2D eigenvalue weighted by Gasteiger charge is -2.18. The van der Waals surface area contributed by atoms with Gasteiger partial charge in [-0.15, -0.1) is 11.8 Å². The van der Waals surface area contributed by atoms with Gasteiger partial charge in [-0.25, -0.2) is 9.18 Å². The minimum absolute atomic E-state index is 0.0316. The van der Waals surface area contributed by atoms with E-state index in [1.54, 1.807) is 78.9 Å². The molecule has 0 aliphatic rings. The Bertz CT molecular complexity index is 2030. The molecule has 5 rings (SSSR count). The first-order chi connectivity index (χ1) is 23.6. The molecule has 4 N–H and O–H groups in total. The Balaban J connectivity index is 1.36. The van der Waals surface area contributed by atoms with Crippen LogP contribution >= 0.6 is 35.0 Å². The molecule has 8 nitrogen and oxygen atoms in total. The number of anilines is 2. The minimum Gasteiger partial charge on any atom is -0.478 e. The van der Waals surface area contributed by atoms with E-state index < -0.39 is 34.8 Å². The van der Waals surface area contributed by atoms with Crippen LogP contribution in [0.4, 0.5) is 15.8 Å². The fourth-order valence-electron chi connectivity index (χ4n) is 4.54. The van der Waals surface area contributed by atoms with Crippen LogP contribution < -0.4 is 16.0 Å². The number of carbonyl (C=O) groups is 4. The Morgan fingerprint density at radius 3 is 2.06 bits per heavy atom. The number of amides is 3. The lowest BCUT2D eigenvalue weighted by atomic mass is 10.1. The first-order valence-corrected chi connectivity index (χ1v) is 16.2. The van der Waals surface area contributed by atoms with Crippen LogP contribution in [-0.2, 0) is 9.59 Å². The predicted molar refractivity (Wildman–Crippen MR) is 190 cm³/mol. The molecule has 49 heavy (non-hydrogen) atoms. The Morgan fingerprint density at radius 2 is 1.41 bits per heavy atom. The van der Waals surface area contributed by atoms with Gasteiger partial charge in [-0.2, -0.15) is 0 Å². The topological polar surface area (TPSA) is 125 Å². The minimum atomic E-state index is -1.16. The van der Waals surface area contributed by atoms with Crippen LogP contribution in [0.1, 0.15) is 37.1 Å². The average Bonchev–Trinajstić information content (AvgIpc) is 3.10. The van der Waals surface area contributed by atoms with Gasteiger partial charge >= 0.3 is 5.97 Å². The molecule has 0 fully saturated rings. The van der Waals surface area contributed by atoms with Gasteiger partial charge in [-0.1, -0.05) is 77.8 Å². The van der Waals surface area contributed by atoms with Crippen molar-refractivity contribution in [1.29, 1.82) is 0 Å². The lowest BCUT2D eigenvalue weighted by Crippen LogP contribution is -2.30. The maximum Gasteiger partial charge on any atom is 0.335 e. The quantitative estimate of drug-likeness (QED) is 0.0802. The number of carboxylic acid groups (broad SMARTS) is 1. The molecule has 0 heterocycles. The smallest absolute Gasteiger partial charge is 0.335 e. The highest BCUT2D eigenvalue weighted by atomic mass is 35.5. The molecule has 0 bridgehead atoms. The molecular formula is C37H26Cl2FN3O5S. The number of thioether (sulfide) groups is 1. The highest BCUT2D eigenvalue weighted by molar-refractivity contribution is 8.00. The predicted octanol–water partition coefficient (Wildman–Crippen LogP) is 8.71. The van der Waals surface area contributed by atoms with Crippen LogP contribution in [0.15, 0.2) is 132 Å². The summed E-state index contributed by atoms with van der Waals surface area (Å²) < 4.78 is 14.6. The molecule has 246 valence electrons. The first kappa shape index (κ1) is 34.9. The third-order valence-electron chi connectivity index (χ3n) is 6.99. The van der Waals surface area contributed by atoms with Crippen LogP contribution in [0.5, 0.6) is 0 Å². The molecule has 1 atom stereocenters. The fraction of sp³-hybridized carbons (Fsp3) is 0.0270. The summed E-state index contributed by atoms with van der Waals surface area (Å²) in [5.74, 6) is -3.59. The van der Waals surface area contributed by atoms with Gasteiger partial charge in [0.2, 0.25) is 5.91 Å². The second-order valence-electron chi connectivity index (χ2n) is 10.4. The van der Waals surface area contributed by atoms with Crippen LogP contribution in [0.2, 0.25) is 10.0 Å². The number of hydrogen-bond acceptors (Lipinski definition) is 5. The first-order valence-electron chi connectivity index (χ1n) is 14.6. The van der Waals surface area contributed by atoms with E-state index in [2.05, 4.69) is 16.0 Å². The number of hydrogen-bond donors (Lipinski definition) is 4. The van der Waals surface area contributed by atoms with Gasteiger partial charge in [0, 0.05) is 21.7 Å². The SMILES string of the molecule is O=C(Nc1ccc(SC(C(=O)Nc2cc(C(=O)O)ccc2Cl)c2ccccc2)cc1)/C(=C/c1c(F)cccc1Cl)NC(=O)c1ccccc1. The standard InChI is InChI=1S/C37H26Cl2FN3O5S/c38-28-12-7-13-30(40)27(28)21-32(43-34(44)23-10-5-2-6-11-23)35(45)41-25-15-17-26(18-16-25)49-33(22-8-3-1-4-9-22)36(46)42-31-20-24(37(47)48)14-19-29(31)39/h1-21,33H,(H,41,45)(H,42,46)(H,43,44)(H,47,48)/b32-21-. The Hall–Kier alpha value is -5.42. The van der Waals surface area contributed by atoms with E-state index in [0.717, 1.165) is 0 Å². The van der Waals surface area contributed by atoms with Crippen LogP contribution in [0.25, 0.3) is 6.08 Å². The zero-order valence-corrected chi connectivity index (χ0v) is 27.7. The molecule has 5 aromatic rings. The van der Waals surface area contributed by atoms with E-state index in [1.807, 2.05) is 6.07 Å². The summed E-state index contributed by atoms with van der Waals surface area (Å²) in [6.07, 6.45) is 1.17. The molecule has 0 aromatic heterocycles. The van der Waals surface area contributed by atoms with Crippen molar-refractivity contribution in [2.75, 3.05) is 10.6 Å². The second kappa shape index (κ2) is 16.1. The van der Waals surface area contributed by atoms with Gasteiger partial charge in [-0.05, 0) is 78.4 Å². The van der Waals surface area contributed by atoms with Crippen molar-refractivity contribution < 1.29 is 28.7 Å². The molecule has 0 saturated heterocycles. The number of aromatic carboxylic acids is 1. The van der Waals surface area contributed by atoms with Crippen molar-refractivity contribution in [1.82, 2.24) is 5.32 Å². The van der Waals surface area contributed by atoms with E-state index in [4.69, 9.17) is 23.2 Å². The van der Waals surface area contributed by atoms with Gasteiger partial charge in [-0.3, -0.25) is 14.4 Å². The summed E-state index contributed by atoms with van der Waals surface area (Å²) >= 11 is 13.7. The Morgan fingerprint density at radius 1 is 0.735 bits per heavy atom. The molecule has 0 aliphatic carbocycles. The van der Waals surface area contributed by atoms with E-state index in [-0.39, 0.29) is 38.1 Å². The van der Waals surface area contributed by atoms with Gasteiger partial charge in [0.15, 0.2) is 0 Å². The third kappa shape index (κ3) is 9.14. The van der Waals surface area contributed by atoms with Gasteiger partial charge in [0.1, 0.15) is 16.8 Å². The highest BCUT2D eigenvalue weighted by Gasteiger charge is 2.24. The molecular weight excluding hydrogens is 688 g/mol. The normalized spacial score (nSPS) is 11.7. The number of halogens is 3. The van der Waals surface area contributed by atoms with E-state index in [0.29, 0.717) is 16.1 Å². The Kier molecular flexibility index (Phi) is 11.5. The van der Waals surface area contributed by atoms with E-state index in [1.165, 1.54) is 54.2 Å². The van der Waals surface area contributed by atoms with Gasteiger partial charge < -0.3 is 21.1 Å². The summed E-state index contributed by atoms with van der Waals surface area (Å²) in [5, 5.41) is 16.8. The van der Waals surface area contributed by atoms with Crippen LogP contribution in [0.3, 0.4) is 0 Å². The van der Waals surface area contributed by atoms with Crippen LogP contribution in [0, 0.1) is 5.82 Å². The zero-order valence-electron chi connectivity index (χ0n) is 25.3. The highest BCUT2D eigenvalue weighted by Crippen LogP contribution is 2.37. The largest absolute Gasteiger partial charge is 0.478 e. The summed E-state index contributed by atoms with van der Waals surface area (Å²) in [6, 6.07) is 31.9. The molecule has 0 radical (unpaired) electrons. The fourth-order valence-corrected chi connectivity index (χ4v) is 5.95. The third-order valence-corrected chi connectivity index (χ3v) is 8.92. The van der Waals surface area contributed by atoms with Gasteiger partial charge in [0.25, 0.3) is 11.8 Å². The molecule has 12 heteroatoms. The number of benzene rings is 5. The number of rotatable bonds is 11. The summed E-state index contributed by atoms with van der Waals surface area (Å²) in [7, 11) is 0. The van der Waals surface area contributed by atoms with Crippen molar-refractivity contribution in [3.05, 3.63) is 165 Å². The lowest BCUT2D eigenvalue weighted by molar-refractivity contribution is -0.116. The second-order valence-corrected chi connectivity index (χ2v) is 12.4. The zero-order chi connectivity index (χ0) is 34.9. The molecule has 1 unspecified atom stereocenters. The maximum atomic E-state index is 14.6. The summed E-state index contributed by atoms with van der Waals surface area (Å²) in [4.78, 5) is 52.1. The maximum absolute atomic E-state index is 14.6. The average molecular weight is 715 g/mol. The van der Waals surface area contributed by atoms with Crippen molar-refractivity contribution in [3.8, 4) is 0 Å². The van der Waals surface area contributed by atoms with Crippen molar-refractivity contribution in [2.45, 2.75) is 10.1 Å². The van der Waals surface area contributed by atoms with Gasteiger partial charge in [0.05, 0.1) is 21.3 Å². The van der Waals surface area contributed by atoms with E-state index >= 15 is 0 Å². The van der Waals surface area contributed by atoms with Crippen molar-refractivity contribution in [2.24, 2.45) is 0 Å². The Labute approximate surface area is 295 Å². The van der Waals surface area contributed by atoms with Crippen molar-refractivity contribution >= 4 is 76.1 Å². The molecule has 5 aromatic carbocycles. The summed E-state index contributed by atoms with van der Waals surface area (Å²) in [5.41, 5.74) is 1.13.